The Bertz CT molecular complexity index is 1200. The summed E-state index contributed by atoms with van der Waals surface area (Å²) in [6.45, 7) is 3.25. The fraction of sp³-hybridized carbons (Fsp3) is 0.333. The highest BCUT2D eigenvalue weighted by atomic mass is 16.6. The Morgan fingerprint density at radius 3 is 2.55 bits per heavy atom. The topological polar surface area (TPSA) is 103 Å². The van der Waals surface area contributed by atoms with Crippen LogP contribution in [0.2, 0.25) is 0 Å². The number of aromatic amines is 1. The largest absolute Gasteiger partial charge is 0.351 e. The zero-order chi connectivity index (χ0) is 22.9. The van der Waals surface area contributed by atoms with Gasteiger partial charge < -0.3 is 14.8 Å². The summed E-state index contributed by atoms with van der Waals surface area (Å²) in [4.78, 5) is 45.4. The lowest BCUT2D eigenvalue weighted by molar-refractivity contribution is -0.384. The van der Waals surface area contributed by atoms with E-state index in [0.29, 0.717) is 38.4 Å². The molecule has 170 valence electrons. The molecule has 3 aromatic rings. The molecule has 1 saturated heterocycles. The van der Waals surface area contributed by atoms with Crippen molar-refractivity contribution in [2.45, 2.75) is 12.8 Å². The van der Waals surface area contributed by atoms with Crippen molar-refractivity contribution in [3.8, 4) is 0 Å². The third kappa shape index (κ3) is 4.19. The van der Waals surface area contributed by atoms with Gasteiger partial charge in [-0.25, -0.2) is 0 Å². The van der Waals surface area contributed by atoms with E-state index in [1.54, 1.807) is 17.0 Å². The van der Waals surface area contributed by atoms with Gasteiger partial charge in [0.15, 0.2) is 0 Å². The first kappa shape index (κ1) is 21.1. The molecule has 5 rings (SSSR count). The number of anilines is 1. The van der Waals surface area contributed by atoms with Gasteiger partial charge in [-0.15, -0.1) is 0 Å². The first-order valence-electron chi connectivity index (χ1n) is 11.2. The van der Waals surface area contributed by atoms with Crippen molar-refractivity contribution in [1.82, 2.24) is 14.8 Å². The first-order valence-corrected chi connectivity index (χ1v) is 11.2. The fourth-order valence-electron chi connectivity index (χ4n) is 4.70. The third-order valence-electron chi connectivity index (χ3n) is 6.47. The molecule has 1 aromatic heterocycles. The van der Waals surface area contributed by atoms with E-state index in [2.05, 4.69) is 9.88 Å². The molecule has 0 spiro atoms. The zero-order valence-corrected chi connectivity index (χ0v) is 18.2. The van der Waals surface area contributed by atoms with Crippen molar-refractivity contribution in [1.29, 1.82) is 0 Å². The minimum Gasteiger partial charge on any atom is -0.351 e. The highest BCUT2D eigenvalue weighted by molar-refractivity contribution is 5.98. The van der Waals surface area contributed by atoms with Gasteiger partial charge in [-0.1, -0.05) is 18.2 Å². The Hall–Kier alpha value is -3.72. The predicted octanol–water partition coefficient (Wildman–Crippen LogP) is 2.81. The van der Waals surface area contributed by atoms with Crippen LogP contribution in [0.5, 0.6) is 0 Å². The molecular formula is C24H25N5O4. The van der Waals surface area contributed by atoms with Crippen molar-refractivity contribution >= 4 is 34.1 Å². The van der Waals surface area contributed by atoms with E-state index in [1.807, 2.05) is 35.2 Å². The average Bonchev–Trinajstić information content (AvgIpc) is 3.27. The number of benzene rings is 2. The highest BCUT2D eigenvalue weighted by Crippen LogP contribution is 2.30. The van der Waals surface area contributed by atoms with Crippen molar-refractivity contribution in [3.63, 3.8) is 0 Å². The highest BCUT2D eigenvalue weighted by Gasteiger charge is 2.28. The normalized spacial score (nSPS) is 16.6. The first-order chi connectivity index (χ1) is 16.0. The summed E-state index contributed by atoms with van der Waals surface area (Å²) in [5.74, 6) is -0.0380. The number of para-hydroxylation sites is 1. The van der Waals surface area contributed by atoms with Crippen molar-refractivity contribution < 1.29 is 14.5 Å². The van der Waals surface area contributed by atoms with E-state index >= 15 is 0 Å². The molecule has 0 bridgehead atoms. The summed E-state index contributed by atoms with van der Waals surface area (Å²) in [6.07, 6.45) is 1.52. The number of carbonyl (C=O) groups is 2. The number of nitro groups is 1. The number of rotatable bonds is 4. The van der Waals surface area contributed by atoms with Gasteiger partial charge in [0, 0.05) is 61.4 Å². The number of nitrogens with one attached hydrogen (secondary N) is 1. The molecule has 1 N–H and O–H groups in total. The van der Waals surface area contributed by atoms with E-state index in [9.17, 15) is 19.7 Å². The van der Waals surface area contributed by atoms with Crippen LogP contribution in [0.15, 0.2) is 48.5 Å². The number of non-ortho nitro benzene ring substituents is 1. The maximum atomic E-state index is 13.0. The Labute approximate surface area is 190 Å². The van der Waals surface area contributed by atoms with Crippen LogP contribution in [0.3, 0.4) is 0 Å². The molecule has 0 saturated carbocycles. The van der Waals surface area contributed by atoms with Gasteiger partial charge in [0.1, 0.15) is 5.69 Å². The number of carbonyl (C=O) groups excluding carboxylic acids is 2. The summed E-state index contributed by atoms with van der Waals surface area (Å²) in [5.41, 5.74) is 3.19. The summed E-state index contributed by atoms with van der Waals surface area (Å²) in [6, 6.07) is 14.4. The van der Waals surface area contributed by atoms with Crippen LogP contribution in [0, 0.1) is 10.1 Å². The van der Waals surface area contributed by atoms with Crippen LogP contribution in [-0.2, 0) is 11.2 Å². The van der Waals surface area contributed by atoms with Gasteiger partial charge >= 0.3 is 0 Å². The molecule has 9 nitrogen and oxygen atoms in total. The van der Waals surface area contributed by atoms with Gasteiger partial charge in [0.25, 0.3) is 11.6 Å². The van der Waals surface area contributed by atoms with E-state index in [4.69, 9.17) is 0 Å². The van der Waals surface area contributed by atoms with Gasteiger partial charge in [-0.3, -0.25) is 24.6 Å². The summed E-state index contributed by atoms with van der Waals surface area (Å²) < 4.78 is 0. The number of hydrogen-bond acceptors (Lipinski definition) is 5. The minimum absolute atomic E-state index is 0.0137. The van der Waals surface area contributed by atoms with Crippen LogP contribution in [0.25, 0.3) is 10.9 Å². The quantitative estimate of drug-likeness (QED) is 0.489. The molecule has 0 aliphatic carbocycles. The van der Waals surface area contributed by atoms with E-state index in [1.165, 1.54) is 6.07 Å². The number of H-pyrrole nitrogens is 1. The molecule has 2 amide bonds. The Morgan fingerprint density at radius 2 is 1.79 bits per heavy atom. The van der Waals surface area contributed by atoms with Crippen LogP contribution < -0.4 is 4.90 Å². The zero-order valence-electron chi connectivity index (χ0n) is 18.2. The molecule has 2 aliphatic heterocycles. The Kier molecular flexibility index (Phi) is 5.55. The summed E-state index contributed by atoms with van der Waals surface area (Å²) in [5, 5.41) is 12.1. The second-order valence-electron chi connectivity index (χ2n) is 8.56. The molecule has 0 atom stereocenters. The smallest absolute Gasteiger partial charge is 0.270 e. The van der Waals surface area contributed by atoms with Gasteiger partial charge in [0.05, 0.1) is 11.5 Å². The lowest BCUT2D eigenvalue weighted by Gasteiger charge is -2.36. The molecule has 3 heterocycles. The Morgan fingerprint density at radius 1 is 1.00 bits per heavy atom. The number of aryl methyl sites for hydroxylation is 1. The van der Waals surface area contributed by atoms with Gasteiger partial charge in [0.2, 0.25) is 5.91 Å². The van der Waals surface area contributed by atoms with Crippen molar-refractivity contribution in [2.24, 2.45) is 0 Å². The summed E-state index contributed by atoms with van der Waals surface area (Å²) >= 11 is 0. The van der Waals surface area contributed by atoms with Crippen molar-refractivity contribution in [2.75, 3.05) is 44.2 Å². The van der Waals surface area contributed by atoms with Crippen LogP contribution in [0.1, 0.15) is 22.5 Å². The maximum Gasteiger partial charge on any atom is 0.270 e. The number of nitrogens with zero attached hydrogens (tertiary/aromatic N) is 4. The van der Waals surface area contributed by atoms with Crippen LogP contribution in [-0.4, -0.2) is 70.8 Å². The monoisotopic (exact) mass is 447 g/mol. The third-order valence-corrected chi connectivity index (χ3v) is 6.47. The van der Waals surface area contributed by atoms with Crippen molar-refractivity contribution in [3.05, 3.63) is 69.9 Å². The second-order valence-corrected chi connectivity index (χ2v) is 8.56. The molecule has 0 radical (unpaired) electrons. The van der Waals surface area contributed by atoms with Gasteiger partial charge in [-0.05, 0) is 36.6 Å². The lowest BCUT2D eigenvalue weighted by Crippen LogP contribution is -2.52. The second kappa shape index (κ2) is 8.67. The predicted molar refractivity (Wildman–Crippen MR) is 124 cm³/mol. The molecule has 33 heavy (non-hydrogen) atoms. The Balaban J connectivity index is 1.20. The number of aromatic nitrogens is 1. The number of amides is 2. The number of nitro benzene ring substituents is 1. The SMILES string of the molecule is O=C(c1cc2ccccc2[nH]1)N1CCN(CC(=O)N2CCCc3cc([N+](=O)[O-])ccc32)CC1. The van der Waals surface area contributed by atoms with Gasteiger partial charge in [-0.2, -0.15) is 0 Å². The van der Waals surface area contributed by atoms with Crippen LogP contribution >= 0.6 is 0 Å². The molecular weight excluding hydrogens is 422 g/mol. The average molecular weight is 447 g/mol. The lowest BCUT2D eigenvalue weighted by atomic mass is 10.0. The maximum absolute atomic E-state index is 13.0. The molecule has 1 fully saturated rings. The standard InChI is InChI=1S/C24H25N5O4/c30-23(28-9-3-5-18-14-19(29(32)33)7-8-22(18)28)16-26-10-12-27(13-11-26)24(31)21-15-17-4-1-2-6-20(17)25-21/h1-2,4,6-8,14-15,25H,3,5,9-13,16H2. The van der Waals surface area contributed by atoms with Crippen LogP contribution in [0.4, 0.5) is 11.4 Å². The van der Waals surface area contributed by atoms with E-state index < -0.39 is 4.92 Å². The molecule has 2 aromatic carbocycles. The fourth-order valence-corrected chi connectivity index (χ4v) is 4.70. The number of piperazine rings is 1. The minimum atomic E-state index is -0.405. The molecule has 0 unspecified atom stereocenters. The molecule has 2 aliphatic rings. The number of hydrogen-bond donors (Lipinski definition) is 1. The summed E-state index contributed by atoms with van der Waals surface area (Å²) in [7, 11) is 0. The number of fused-ring (bicyclic) bond motifs is 2. The van der Waals surface area contributed by atoms with E-state index in [0.717, 1.165) is 35.0 Å². The molecule has 9 heteroatoms. The van der Waals surface area contributed by atoms with E-state index in [-0.39, 0.29) is 24.0 Å².